The molecule has 0 fully saturated rings. The molecule has 33 heavy (non-hydrogen) atoms. The summed E-state index contributed by atoms with van der Waals surface area (Å²) >= 11 is 0. The zero-order valence-corrected chi connectivity index (χ0v) is 19.3. The molecule has 0 heterocycles. The molecule has 4 amide bonds. The molecule has 13 nitrogen and oxygen atoms in total. The van der Waals surface area contributed by atoms with Gasteiger partial charge in [0.1, 0.15) is 18.1 Å². The van der Waals surface area contributed by atoms with Crippen molar-refractivity contribution in [2.75, 3.05) is 0 Å². The van der Waals surface area contributed by atoms with Gasteiger partial charge in [0.2, 0.25) is 23.6 Å². The number of primary amides is 1. The Morgan fingerprint density at radius 3 is 1.82 bits per heavy atom. The van der Waals surface area contributed by atoms with Crippen LogP contribution < -0.4 is 27.4 Å². The Balaban J connectivity index is 5.63. The zero-order valence-electron chi connectivity index (χ0n) is 19.3. The van der Waals surface area contributed by atoms with Gasteiger partial charge in [-0.15, -0.1) is 0 Å². The molecule has 0 bridgehead atoms. The lowest BCUT2D eigenvalue weighted by Crippen LogP contribution is -2.59. The van der Waals surface area contributed by atoms with Crippen LogP contribution in [-0.4, -0.2) is 69.9 Å². The number of carbonyl (C=O) groups is 6. The minimum atomic E-state index is -1.36. The maximum atomic E-state index is 12.9. The number of hydrogen-bond acceptors (Lipinski definition) is 7. The fraction of sp³-hybridized carbons (Fsp3) is 0.700. The average Bonchev–Trinajstić information content (AvgIpc) is 2.70. The fourth-order valence-corrected chi connectivity index (χ4v) is 2.84. The maximum Gasteiger partial charge on any atom is 0.326 e. The Kier molecular flexibility index (Phi) is 12.7. The largest absolute Gasteiger partial charge is 0.481 e. The van der Waals surface area contributed by atoms with Gasteiger partial charge in [0.15, 0.2) is 0 Å². The topological polar surface area (TPSA) is 231 Å². The Morgan fingerprint density at radius 2 is 1.39 bits per heavy atom. The number of rotatable bonds is 15. The molecule has 5 unspecified atom stereocenters. The lowest BCUT2D eigenvalue weighted by molar-refractivity contribution is -0.144. The maximum absolute atomic E-state index is 12.9. The van der Waals surface area contributed by atoms with E-state index in [1.165, 1.54) is 0 Å². The minimum Gasteiger partial charge on any atom is -0.481 e. The van der Waals surface area contributed by atoms with Gasteiger partial charge < -0.3 is 37.6 Å². The summed E-state index contributed by atoms with van der Waals surface area (Å²) in [4.78, 5) is 71.3. The van der Waals surface area contributed by atoms with Gasteiger partial charge in [0.25, 0.3) is 0 Å². The molecule has 0 aliphatic heterocycles. The predicted octanol–water partition coefficient (Wildman–Crippen LogP) is -1.70. The van der Waals surface area contributed by atoms with Crippen LogP contribution in [0.5, 0.6) is 0 Å². The van der Waals surface area contributed by atoms with Crippen molar-refractivity contribution in [1.82, 2.24) is 16.0 Å². The highest BCUT2D eigenvalue weighted by molar-refractivity contribution is 5.95. The minimum absolute atomic E-state index is 0.306. The summed E-state index contributed by atoms with van der Waals surface area (Å²) in [6.45, 7) is 6.58. The molecule has 9 N–H and O–H groups in total. The molecular formula is C20H35N5O8. The first-order chi connectivity index (χ1) is 15.2. The summed E-state index contributed by atoms with van der Waals surface area (Å²) in [5, 5.41) is 25.4. The van der Waals surface area contributed by atoms with Crippen molar-refractivity contribution >= 4 is 35.6 Å². The molecule has 0 radical (unpaired) electrons. The number of carboxylic acids is 2. The lowest BCUT2D eigenvalue weighted by atomic mass is 9.96. The van der Waals surface area contributed by atoms with Crippen molar-refractivity contribution in [3.05, 3.63) is 0 Å². The molecule has 5 atom stereocenters. The number of nitrogens with one attached hydrogen (secondary N) is 3. The van der Waals surface area contributed by atoms with Crippen molar-refractivity contribution in [3.63, 3.8) is 0 Å². The second-order valence-corrected chi connectivity index (χ2v) is 8.21. The summed E-state index contributed by atoms with van der Waals surface area (Å²) in [6.07, 6.45) is -0.763. The highest BCUT2D eigenvalue weighted by Gasteiger charge is 2.33. The van der Waals surface area contributed by atoms with Gasteiger partial charge in [0, 0.05) is 6.42 Å². The van der Waals surface area contributed by atoms with Crippen LogP contribution in [0, 0.1) is 11.8 Å². The van der Waals surface area contributed by atoms with Crippen LogP contribution in [0.4, 0.5) is 0 Å². The van der Waals surface area contributed by atoms with Gasteiger partial charge in [-0.2, -0.15) is 0 Å². The number of amides is 4. The Bertz CT molecular complexity index is 742. The predicted molar refractivity (Wildman–Crippen MR) is 116 cm³/mol. The summed E-state index contributed by atoms with van der Waals surface area (Å²) in [7, 11) is 0. The molecule has 0 aromatic carbocycles. The molecule has 0 saturated carbocycles. The van der Waals surface area contributed by atoms with Gasteiger partial charge in [-0.25, -0.2) is 4.79 Å². The number of carbonyl (C=O) groups excluding carboxylic acids is 4. The highest BCUT2D eigenvalue weighted by atomic mass is 16.4. The third kappa shape index (κ3) is 10.8. The van der Waals surface area contributed by atoms with E-state index in [9.17, 15) is 33.9 Å². The molecule has 0 aromatic rings. The van der Waals surface area contributed by atoms with E-state index < -0.39 is 84.4 Å². The SMILES string of the molecule is CCC(C)C(NC(=O)C(N)CC(N)=O)C(=O)NC(CCC(=O)O)C(=O)NC(C(=O)O)C(C)C. The standard InChI is InChI=1S/C20H35N5O8/c1-5-10(4)16(25-17(29)11(21)8-13(22)26)19(31)23-12(6-7-14(27)28)18(30)24-15(9(2)3)20(32)33/h9-12,15-16H,5-8,21H2,1-4H3,(H2,22,26)(H,23,31)(H,24,30)(H,25,29)(H,27,28)(H,32,33). The van der Waals surface area contributed by atoms with E-state index >= 15 is 0 Å². The molecular weight excluding hydrogens is 438 g/mol. The lowest BCUT2D eigenvalue weighted by Gasteiger charge is -2.28. The molecule has 0 rings (SSSR count). The van der Waals surface area contributed by atoms with E-state index in [4.69, 9.17) is 16.6 Å². The first-order valence-corrected chi connectivity index (χ1v) is 10.6. The Morgan fingerprint density at radius 1 is 0.848 bits per heavy atom. The van der Waals surface area contributed by atoms with E-state index in [2.05, 4.69) is 16.0 Å². The van der Waals surface area contributed by atoms with Crippen LogP contribution in [0.15, 0.2) is 0 Å². The van der Waals surface area contributed by atoms with E-state index in [0.717, 1.165) is 0 Å². The van der Waals surface area contributed by atoms with Crippen molar-refractivity contribution in [1.29, 1.82) is 0 Å². The summed E-state index contributed by atoms with van der Waals surface area (Å²) < 4.78 is 0. The monoisotopic (exact) mass is 473 g/mol. The fourth-order valence-electron chi connectivity index (χ4n) is 2.84. The van der Waals surface area contributed by atoms with Crippen LogP contribution >= 0.6 is 0 Å². The molecule has 188 valence electrons. The molecule has 0 aromatic heterocycles. The van der Waals surface area contributed by atoms with E-state index in [1.807, 2.05) is 0 Å². The molecule has 0 saturated heterocycles. The van der Waals surface area contributed by atoms with Crippen molar-refractivity contribution in [2.24, 2.45) is 23.3 Å². The van der Waals surface area contributed by atoms with Gasteiger partial charge in [-0.3, -0.25) is 24.0 Å². The van der Waals surface area contributed by atoms with Gasteiger partial charge in [-0.1, -0.05) is 34.1 Å². The number of aliphatic carboxylic acids is 2. The smallest absolute Gasteiger partial charge is 0.326 e. The normalized spacial score (nSPS) is 15.5. The number of carboxylic acid groups (broad SMARTS) is 2. The van der Waals surface area contributed by atoms with Crippen LogP contribution in [0.2, 0.25) is 0 Å². The van der Waals surface area contributed by atoms with Crippen LogP contribution in [0.3, 0.4) is 0 Å². The van der Waals surface area contributed by atoms with Gasteiger partial charge in [0.05, 0.1) is 12.5 Å². The quantitative estimate of drug-likeness (QED) is 0.143. The molecule has 0 aliphatic rings. The Hall–Kier alpha value is -3.22. The van der Waals surface area contributed by atoms with Gasteiger partial charge in [-0.05, 0) is 18.3 Å². The summed E-state index contributed by atoms with van der Waals surface area (Å²) in [5.74, 6) is -6.64. The van der Waals surface area contributed by atoms with E-state index in [1.54, 1.807) is 27.7 Å². The third-order valence-electron chi connectivity index (χ3n) is 5.06. The summed E-state index contributed by atoms with van der Waals surface area (Å²) in [6, 6.07) is -5.05. The first-order valence-electron chi connectivity index (χ1n) is 10.6. The second-order valence-electron chi connectivity index (χ2n) is 8.21. The first kappa shape index (κ1) is 29.8. The van der Waals surface area contributed by atoms with Crippen molar-refractivity contribution in [2.45, 2.75) is 77.5 Å². The van der Waals surface area contributed by atoms with Crippen molar-refractivity contribution < 1.29 is 39.0 Å². The van der Waals surface area contributed by atoms with Crippen molar-refractivity contribution in [3.8, 4) is 0 Å². The van der Waals surface area contributed by atoms with Crippen LogP contribution in [0.25, 0.3) is 0 Å². The third-order valence-corrected chi connectivity index (χ3v) is 5.06. The Labute approximate surface area is 192 Å². The average molecular weight is 474 g/mol. The second kappa shape index (κ2) is 14.0. The zero-order chi connectivity index (χ0) is 25.9. The molecule has 0 spiro atoms. The number of hydrogen-bond donors (Lipinski definition) is 7. The number of nitrogens with two attached hydrogens (primary N) is 2. The van der Waals surface area contributed by atoms with Crippen LogP contribution in [0.1, 0.15) is 53.4 Å². The molecule has 13 heteroatoms. The van der Waals surface area contributed by atoms with Crippen LogP contribution in [-0.2, 0) is 28.8 Å². The van der Waals surface area contributed by atoms with E-state index in [0.29, 0.717) is 6.42 Å². The van der Waals surface area contributed by atoms with Gasteiger partial charge >= 0.3 is 11.9 Å². The molecule has 0 aliphatic carbocycles. The highest BCUT2D eigenvalue weighted by Crippen LogP contribution is 2.11. The van der Waals surface area contributed by atoms with E-state index in [-0.39, 0.29) is 6.42 Å². The summed E-state index contributed by atoms with van der Waals surface area (Å²) in [5.41, 5.74) is 10.7.